The van der Waals surface area contributed by atoms with E-state index in [0.29, 0.717) is 6.42 Å². The van der Waals surface area contributed by atoms with Gasteiger partial charge in [-0.25, -0.2) is 0 Å². The highest BCUT2D eigenvalue weighted by atomic mass is 16.7. The van der Waals surface area contributed by atoms with Crippen molar-refractivity contribution in [3.05, 3.63) is 0 Å². The van der Waals surface area contributed by atoms with Crippen LogP contribution in [-0.2, 0) is 9.84 Å². The van der Waals surface area contributed by atoms with Crippen molar-refractivity contribution in [2.75, 3.05) is 6.61 Å². The summed E-state index contributed by atoms with van der Waals surface area (Å²) in [5, 5.41) is 50.5. The van der Waals surface area contributed by atoms with Crippen molar-refractivity contribution >= 4 is 0 Å². The zero-order chi connectivity index (χ0) is 15.2. The number of aliphatic hydroxyl groups is 4. The van der Waals surface area contributed by atoms with Crippen LogP contribution in [0.2, 0.25) is 0 Å². The molecule has 20 heavy (non-hydrogen) atoms. The molecular weight excluding hydrogens is 264 g/mol. The predicted octanol–water partition coefficient (Wildman–Crippen LogP) is 0.338. The number of ether oxygens (including phenoxy) is 1. The molecule has 1 aliphatic heterocycles. The molecular formula is C14H27O6. The highest BCUT2D eigenvalue weighted by Gasteiger charge is 2.53. The van der Waals surface area contributed by atoms with Crippen molar-refractivity contribution in [2.24, 2.45) is 0 Å². The van der Waals surface area contributed by atoms with E-state index in [4.69, 9.17) is 9.84 Å². The third kappa shape index (κ3) is 4.38. The summed E-state index contributed by atoms with van der Waals surface area (Å²) >= 11 is 0. The molecule has 6 nitrogen and oxygen atoms in total. The molecule has 1 rings (SSSR count). The lowest BCUT2D eigenvalue weighted by Crippen LogP contribution is -2.64. The van der Waals surface area contributed by atoms with Crippen LogP contribution in [0.25, 0.3) is 0 Å². The summed E-state index contributed by atoms with van der Waals surface area (Å²) in [5.41, 5.74) is 0. The van der Waals surface area contributed by atoms with Gasteiger partial charge in [0.1, 0.15) is 24.4 Å². The van der Waals surface area contributed by atoms with Crippen LogP contribution in [0.15, 0.2) is 0 Å². The third-order valence-electron chi connectivity index (χ3n) is 3.91. The summed E-state index contributed by atoms with van der Waals surface area (Å²) in [6, 6.07) is 0. The van der Waals surface area contributed by atoms with Gasteiger partial charge in [-0.15, -0.1) is 0 Å². The van der Waals surface area contributed by atoms with Gasteiger partial charge < -0.3 is 25.2 Å². The normalized spacial score (nSPS) is 38.1. The minimum absolute atomic E-state index is 0.0561. The molecule has 4 N–H and O–H groups in total. The first-order valence-electron chi connectivity index (χ1n) is 7.49. The summed E-state index contributed by atoms with van der Waals surface area (Å²) in [6.07, 6.45) is 0.103. The molecule has 0 saturated carbocycles. The zero-order valence-corrected chi connectivity index (χ0v) is 12.1. The van der Waals surface area contributed by atoms with Crippen molar-refractivity contribution in [3.8, 4) is 0 Å². The van der Waals surface area contributed by atoms with Crippen molar-refractivity contribution in [1.82, 2.24) is 0 Å². The van der Waals surface area contributed by atoms with Crippen LogP contribution in [0, 0.1) is 0 Å². The van der Waals surface area contributed by atoms with Crippen LogP contribution < -0.4 is 0 Å². The van der Waals surface area contributed by atoms with Crippen molar-refractivity contribution in [2.45, 2.75) is 82.1 Å². The summed E-state index contributed by atoms with van der Waals surface area (Å²) in [7, 11) is 0. The maximum Gasteiger partial charge on any atom is 0.231 e. The summed E-state index contributed by atoms with van der Waals surface area (Å²) in [5.74, 6) is -2.16. The van der Waals surface area contributed by atoms with E-state index in [1.807, 2.05) is 0 Å². The maximum atomic E-state index is 12.4. The highest BCUT2D eigenvalue weighted by molar-refractivity contribution is 4.95. The van der Waals surface area contributed by atoms with Gasteiger partial charge in [-0.2, -0.15) is 5.11 Å². The predicted molar refractivity (Wildman–Crippen MR) is 71.4 cm³/mol. The van der Waals surface area contributed by atoms with Gasteiger partial charge in [-0.05, 0) is 6.42 Å². The van der Waals surface area contributed by atoms with Gasteiger partial charge in [0, 0.05) is 6.42 Å². The van der Waals surface area contributed by atoms with E-state index >= 15 is 0 Å². The van der Waals surface area contributed by atoms with E-state index < -0.39 is 36.8 Å². The molecule has 1 aliphatic rings. The van der Waals surface area contributed by atoms with Gasteiger partial charge in [-0.1, -0.05) is 39.0 Å². The highest BCUT2D eigenvalue weighted by Crippen LogP contribution is 2.32. The molecule has 5 atom stereocenters. The second-order valence-corrected chi connectivity index (χ2v) is 5.59. The number of hydrogen-bond acceptors (Lipinski definition) is 5. The number of rotatable bonds is 8. The van der Waals surface area contributed by atoms with E-state index in [2.05, 4.69) is 6.92 Å². The van der Waals surface area contributed by atoms with Gasteiger partial charge in [0.05, 0.1) is 6.61 Å². The second kappa shape index (κ2) is 8.26. The Labute approximate surface area is 120 Å². The monoisotopic (exact) mass is 291 g/mol. The Balaban J connectivity index is 2.44. The molecule has 1 fully saturated rings. The lowest BCUT2D eigenvalue weighted by atomic mass is 9.89. The Bertz CT molecular complexity index is 272. The topological polar surface area (TPSA) is 110 Å². The summed E-state index contributed by atoms with van der Waals surface area (Å²) in [4.78, 5) is 0. The second-order valence-electron chi connectivity index (χ2n) is 5.59. The first kappa shape index (κ1) is 17.8. The Morgan fingerprint density at radius 2 is 1.60 bits per heavy atom. The molecule has 1 radical (unpaired) electrons. The Hall–Kier alpha value is -0.240. The Morgan fingerprint density at radius 3 is 2.20 bits per heavy atom. The standard InChI is InChI=1S/C14H27O6/c1-2-3-4-5-6-7-8-14(19)13(18)12(17)11(16)10(9-15)20-14/h10-13,15-18H,2-9H2,1H3/t10-,11-,12+,13-,14?/m1/s1. The summed E-state index contributed by atoms with van der Waals surface area (Å²) < 4.78 is 5.08. The lowest BCUT2D eigenvalue weighted by Gasteiger charge is -2.44. The fourth-order valence-corrected chi connectivity index (χ4v) is 2.57. The van der Waals surface area contributed by atoms with Gasteiger partial charge in [0.15, 0.2) is 0 Å². The maximum absolute atomic E-state index is 12.4. The summed E-state index contributed by atoms with van der Waals surface area (Å²) in [6.45, 7) is 1.56. The van der Waals surface area contributed by atoms with Crippen LogP contribution in [0.5, 0.6) is 0 Å². The zero-order valence-electron chi connectivity index (χ0n) is 12.1. The van der Waals surface area contributed by atoms with Gasteiger partial charge in [0.25, 0.3) is 0 Å². The molecule has 6 heteroatoms. The number of unbranched alkanes of at least 4 members (excludes halogenated alkanes) is 5. The van der Waals surface area contributed by atoms with Crippen molar-refractivity contribution in [1.29, 1.82) is 0 Å². The van der Waals surface area contributed by atoms with Crippen LogP contribution in [0.1, 0.15) is 51.9 Å². The van der Waals surface area contributed by atoms with E-state index in [9.17, 15) is 20.4 Å². The average Bonchev–Trinajstić information content (AvgIpc) is 2.45. The van der Waals surface area contributed by atoms with Crippen LogP contribution in [0.4, 0.5) is 0 Å². The first-order valence-corrected chi connectivity index (χ1v) is 7.49. The molecule has 119 valence electrons. The van der Waals surface area contributed by atoms with Crippen molar-refractivity contribution in [3.63, 3.8) is 0 Å². The molecule has 0 amide bonds. The third-order valence-corrected chi connectivity index (χ3v) is 3.91. The minimum Gasteiger partial charge on any atom is -0.394 e. The van der Waals surface area contributed by atoms with E-state index in [1.54, 1.807) is 0 Å². The molecule has 0 aromatic heterocycles. The Kier molecular flexibility index (Phi) is 7.36. The van der Waals surface area contributed by atoms with E-state index in [0.717, 1.165) is 25.7 Å². The largest absolute Gasteiger partial charge is 0.394 e. The van der Waals surface area contributed by atoms with Crippen LogP contribution >= 0.6 is 0 Å². The quantitative estimate of drug-likeness (QED) is 0.482. The minimum atomic E-state index is -2.16. The SMILES string of the molecule is CCCCCCCCC1([O])O[C@H](CO)[C@@H](O)[C@H](O)[C@H]1O. The van der Waals surface area contributed by atoms with E-state index in [-0.39, 0.29) is 6.42 Å². The molecule has 1 saturated heterocycles. The molecule has 0 bridgehead atoms. The van der Waals surface area contributed by atoms with Gasteiger partial charge in [-0.3, -0.25) is 0 Å². The van der Waals surface area contributed by atoms with Gasteiger partial charge in [0.2, 0.25) is 5.79 Å². The molecule has 1 unspecified atom stereocenters. The first-order chi connectivity index (χ1) is 9.46. The molecule has 1 heterocycles. The fourth-order valence-electron chi connectivity index (χ4n) is 2.57. The molecule has 0 aliphatic carbocycles. The number of aliphatic hydroxyl groups excluding tert-OH is 4. The fraction of sp³-hybridized carbons (Fsp3) is 1.00. The lowest BCUT2D eigenvalue weighted by molar-refractivity contribution is -0.371. The van der Waals surface area contributed by atoms with Crippen molar-refractivity contribution < 1.29 is 30.3 Å². The molecule has 0 aromatic rings. The van der Waals surface area contributed by atoms with E-state index in [1.165, 1.54) is 6.42 Å². The smallest absolute Gasteiger partial charge is 0.231 e. The van der Waals surface area contributed by atoms with Gasteiger partial charge >= 0.3 is 0 Å². The number of hydrogen-bond donors (Lipinski definition) is 4. The molecule has 0 spiro atoms. The van der Waals surface area contributed by atoms with Crippen LogP contribution in [-0.4, -0.2) is 57.2 Å². The van der Waals surface area contributed by atoms with Crippen LogP contribution in [0.3, 0.4) is 0 Å². The Morgan fingerprint density at radius 1 is 1.00 bits per heavy atom. The average molecular weight is 291 g/mol. The molecule has 0 aromatic carbocycles.